The molecular weight excluding hydrogens is 251 g/mol. The molecule has 17 heavy (non-hydrogen) atoms. The molecule has 0 heterocycles. The first kappa shape index (κ1) is 14.3. The molecule has 0 bridgehead atoms. The topological polar surface area (TPSA) is 32.3 Å². The van der Waals surface area contributed by atoms with Crippen molar-refractivity contribution in [3.8, 4) is 0 Å². The van der Waals surface area contributed by atoms with E-state index < -0.39 is 18.8 Å². The maximum Gasteiger partial charge on any atom is 0.401 e. The zero-order valence-corrected chi connectivity index (χ0v) is 10.1. The number of aliphatic hydroxyl groups is 1. The summed E-state index contributed by atoms with van der Waals surface area (Å²) in [5, 5.41) is 11.3. The lowest BCUT2D eigenvalue weighted by Crippen LogP contribution is -2.33. The van der Waals surface area contributed by atoms with Crippen molar-refractivity contribution in [2.24, 2.45) is 0 Å². The van der Waals surface area contributed by atoms with Crippen molar-refractivity contribution < 1.29 is 18.3 Å². The van der Waals surface area contributed by atoms with Gasteiger partial charge in [0.25, 0.3) is 0 Å². The summed E-state index contributed by atoms with van der Waals surface area (Å²) in [6.07, 6.45) is -2.35. The van der Waals surface area contributed by atoms with Crippen molar-refractivity contribution in [2.45, 2.75) is 17.1 Å². The van der Waals surface area contributed by atoms with Crippen molar-refractivity contribution >= 4 is 11.8 Å². The van der Waals surface area contributed by atoms with Crippen LogP contribution >= 0.6 is 11.8 Å². The van der Waals surface area contributed by atoms with Gasteiger partial charge in [0.1, 0.15) is 0 Å². The van der Waals surface area contributed by atoms with Gasteiger partial charge in [0.05, 0.1) is 19.2 Å². The van der Waals surface area contributed by atoms with Gasteiger partial charge in [0.15, 0.2) is 0 Å². The minimum Gasteiger partial charge on any atom is -0.394 e. The molecule has 0 aliphatic heterocycles. The summed E-state index contributed by atoms with van der Waals surface area (Å²) in [5.74, 6) is 0. The van der Waals surface area contributed by atoms with Crippen LogP contribution in [-0.2, 0) is 0 Å². The molecule has 0 aliphatic carbocycles. The highest BCUT2D eigenvalue weighted by molar-refractivity contribution is 7.98. The van der Waals surface area contributed by atoms with Crippen LogP contribution in [-0.4, -0.2) is 30.7 Å². The van der Waals surface area contributed by atoms with Crippen molar-refractivity contribution in [1.29, 1.82) is 0 Å². The monoisotopic (exact) mass is 265 g/mol. The normalized spacial score (nSPS) is 13.7. The molecule has 1 atom stereocenters. The molecule has 0 fully saturated rings. The molecule has 2 N–H and O–H groups in total. The van der Waals surface area contributed by atoms with Crippen molar-refractivity contribution in [3.05, 3.63) is 29.8 Å². The van der Waals surface area contributed by atoms with Gasteiger partial charge in [-0.2, -0.15) is 13.2 Å². The molecule has 6 heteroatoms. The lowest BCUT2D eigenvalue weighted by Gasteiger charge is -2.18. The van der Waals surface area contributed by atoms with E-state index in [0.29, 0.717) is 5.56 Å². The fourth-order valence-corrected chi connectivity index (χ4v) is 1.77. The predicted octanol–water partition coefficient (Wildman–Crippen LogP) is 2.59. The second-order valence-electron chi connectivity index (χ2n) is 3.50. The smallest absolute Gasteiger partial charge is 0.394 e. The summed E-state index contributed by atoms with van der Waals surface area (Å²) >= 11 is 1.55. The largest absolute Gasteiger partial charge is 0.401 e. The lowest BCUT2D eigenvalue weighted by atomic mass is 10.1. The Morgan fingerprint density at radius 1 is 1.29 bits per heavy atom. The molecule has 0 aliphatic rings. The minimum absolute atomic E-state index is 0.366. The number of aliphatic hydroxyl groups excluding tert-OH is 1. The Kier molecular flexibility index (Phi) is 5.30. The Morgan fingerprint density at radius 2 is 1.88 bits per heavy atom. The molecule has 0 saturated heterocycles. The number of thioether (sulfide) groups is 1. The van der Waals surface area contributed by atoms with Gasteiger partial charge >= 0.3 is 6.18 Å². The van der Waals surface area contributed by atoms with E-state index in [1.807, 2.05) is 18.4 Å². The van der Waals surface area contributed by atoms with Crippen LogP contribution in [0.25, 0.3) is 0 Å². The maximum absolute atomic E-state index is 12.0. The van der Waals surface area contributed by atoms with Gasteiger partial charge in [0, 0.05) is 4.90 Å². The average Bonchev–Trinajstić information content (AvgIpc) is 2.29. The second kappa shape index (κ2) is 6.28. The van der Waals surface area contributed by atoms with Gasteiger partial charge in [-0.15, -0.1) is 11.8 Å². The molecule has 2 nitrogen and oxygen atoms in total. The summed E-state index contributed by atoms with van der Waals surface area (Å²) in [7, 11) is 0. The number of halogens is 3. The highest BCUT2D eigenvalue weighted by Gasteiger charge is 2.28. The summed E-state index contributed by atoms with van der Waals surface area (Å²) in [6.45, 7) is -1.47. The van der Waals surface area contributed by atoms with Crippen molar-refractivity contribution in [3.63, 3.8) is 0 Å². The van der Waals surface area contributed by atoms with Crippen LogP contribution in [0.3, 0.4) is 0 Å². The van der Waals surface area contributed by atoms with E-state index in [1.165, 1.54) is 0 Å². The van der Waals surface area contributed by atoms with Gasteiger partial charge in [-0.25, -0.2) is 0 Å². The maximum atomic E-state index is 12.0. The second-order valence-corrected chi connectivity index (χ2v) is 4.38. The van der Waals surface area contributed by atoms with Gasteiger partial charge in [-0.05, 0) is 24.0 Å². The molecule has 1 aromatic rings. The number of benzene rings is 1. The Hall–Kier alpha value is -0.720. The Morgan fingerprint density at radius 3 is 2.29 bits per heavy atom. The van der Waals surface area contributed by atoms with Gasteiger partial charge < -0.3 is 5.11 Å². The fourth-order valence-electron chi connectivity index (χ4n) is 1.36. The highest BCUT2D eigenvalue weighted by Crippen LogP contribution is 2.20. The van der Waals surface area contributed by atoms with Crippen LogP contribution in [0, 0.1) is 0 Å². The number of nitrogens with one attached hydrogen (secondary N) is 1. The summed E-state index contributed by atoms with van der Waals surface area (Å²) in [4.78, 5) is 1.03. The fraction of sp³-hybridized carbons (Fsp3) is 0.455. The average molecular weight is 265 g/mol. The third-order valence-corrected chi connectivity index (χ3v) is 2.99. The number of hydrogen-bond donors (Lipinski definition) is 2. The van der Waals surface area contributed by atoms with Crippen LogP contribution < -0.4 is 5.32 Å². The standard InChI is InChI=1S/C11H14F3NOS/c1-17-9-4-2-8(3-5-9)10(6-16)15-7-11(12,13)14/h2-5,10,15-16H,6-7H2,1H3. The molecule has 0 amide bonds. The molecule has 0 radical (unpaired) electrons. The molecule has 1 rings (SSSR count). The number of hydrogen-bond acceptors (Lipinski definition) is 3. The van der Waals surface area contributed by atoms with Gasteiger partial charge in [-0.1, -0.05) is 12.1 Å². The van der Waals surface area contributed by atoms with Crippen molar-refractivity contribution in [1.82, 2.24) is 5.32 Å². The molecule has 0 spiro atoms. The van der Waals surface area contributed by atoms with Crippen LogP contribution in [0.2, 0.25) is 0 Å². The third kappa shape index (κ3) is 4.97. The first-order chi connectivity index (χ1) is 7.96. The van der Waals surface area contributed by atoms with E-state index in [1.54, 1.807) is 23.9 Å². The summed E-state index contributed by atoms with van der Waals surface area (Å²) < 4.78 is 36.1. The van der Waals surface area contributed by atoms with E-state index in [-0.39, 0.29) is 6.61 Å². The van der Waals surface area contributed by atoms with Gasteiger partial charge in [0.2, 0.25) is 0 Å². The first-order valence-electron chi connectivity index (χ1n) is 5.01. The molecule has 0 aromatic heterocycles. The van der Waals surface area contributed by atoms with Crippen LogP contribution in [0.15, 0.2) is 29.2 Å². The van der Waals surface area contributed by atoms with Gasteiger partial charge in [-0.3, -0.25) is 5.32 Å². The Bertz CT molecular complexity index is 340. The molecule has 1 unspecified atom stereocenters. The van der Waals surface area contributed by atoms with E-state index >= 15 is 0 Å². The van der Waals surface area contributed by atoms with E-state index in [4.69, 9.17) is 5.11 Å². The molecule has 96 valence electrons. The molecule has 0 saturated carbocycles. The van der Waals surface area contributed by atoms with Crippen LogP contribution in [0.4, 0.5) is 13.2 Å². The zero-order valence-electron chi connectivity index (χ0n) is 9.29. The predicted molar refractivity (Wildman–Crippen MR) is 62.1 cm³/mol. The van der Waals surface area contributed by atoms with Crippen LogP contribution in [0.1, 0.15) is 11.6 Å². The molecule has 1 aromatic carbocycles. The SMILES string of the molecule is CSc1ccc(C(CO)NCC(F)(F)F)cc1. The highest BCUT2D eigenvalue weighted by atomic mass is 32.2. The first-order valence-corrected chi connectivity index (χ1v) is 6.23. The summed E-state index contributed by atoms with van der Waals surface area (Å²) in [5.41, 5.74) is 0.648. The number of rotatable bonds is 5. The van der Waals surface area contributed by atoms with E-state index in [2.05, 4.69) is 5.32 Å². The quantitative estimate of drug-likeness (QED) is 0.803. The van der Waals surface area contributed by atoms with E-state index in [0.717, 1.165) is 4.90 Å². The molecular formula is C11H14F3NOS. The Labute approximate surface area is 102 Å². The van der Waals surface area contributed by atoms with Crippen molar-refractivity contribution in [2.75, 3.05) is 19.4 Å². The minimum atomic E-state index is -4.27. The Balaban J connectivity index is 2.66. The number of alkyl halides is 3. The summed E-state index contributed by atoms with van der Waals surface area (Å²) in [6, 6.07) is 6.38. The zero-order chi connectivity index (χ0) is 12.9. The van der Waals surface area contributed by atoms with Crippen LogP contribution in [0.5, 0.6) is 0 Å². The van der Waals surface area contributed by atoms with E-state index in [9.17, 15) is 13.2 Å². The third-order valence-electron chi connectivity index (χ3n) is 2.25. The lowest BCUT2D eigenvalue weighted by molar-refractivity contribution is -0.126.